The number of halogens is 1. The normalized spacial score (nSPS) is 10.5. The Labute approximate surface area is 161 Å². The number of amides is 2. The summed E-state index contributed by atoms with van der Waals surface area (Å²) in [5, 5.41) is 10.3. The van der Waals surface area contributed by atoms with Gasteiger partial charge in [-0.3, -0.25) is 9.59 Å². The summed E-state index contributed by atoms with van der Waals surface area (Å²) in [6.45, 7) is 1.44. The standard InChI is InChI=1S/C17H14BrN3O2S2/c1-10(22)19-12-3-2-4-13(6-12)20-16(23)7-14-9-25-17(21-14)15-5-11(18)8-24-15/h2-6,8-9H,7H2,1H3,(H,19,22)(H,20,23). The van der Waals surface area contributed by atoms with E-state index in [1.165, 1.54) is 18.3 Å². The molecule has 8 heteroatoms. The Balaban J connectivity index is 1.63. The van der Waals surface area contributed by atoms with Crippen molar-refractivity contribution < 1.29 is 9.59 Å². The highest BCUT2D eigenvalue weighted by atomic mass is 79.9. The molecule has 2 aromatic heterocycles. The first-order valence-electron chi connectivity index (χ1n) is 7.36. The molecule has 0 saturated carbocycles. The van der Waals surface area contributed by atoms with Crippen molar-refractivity contribution in [2.75, 3.05) is 10.6 Å². The van der Waals surface area contributed by atoms with E-state index in [4.69, 9.17) is 0 Å². The first-order valence-corrected chi connectivity index (χ1v) is 9.91. The lowest BCUT2D eigenvalue weighted by Crippen LogP contribution is -2.15. The molecule has 0 fully saturated rings. The number of rotatable bonds is 5. The van der Waals surface area contributed by atoms with E-state index in [-0.39, 0.29) is 18.2 Å². The van der Waals surface area contributed by atoms with E-state index < -0.39 is 0 Å². The van der Waals surface area contributed by atoms with Crippen molar-refractivity contribution in [1.82, 2.24) is 4.98 Å². The average Bonchev–Trinajstić information content (AvgIpc) is 3.15. The van der Waals surface area contributed by atoms with Gasteiger partial charge in [0.25, 0.3) is 0 Å². The topological polar surface area (TPSA) is 71.1 Å². The number of thiophene rings is 1. The lowest BCUT2D eigenvalue weighted by molar-refractivity contribution is -0.116. The molecule has 3 rings (SSSR count). The van der Waals surface area contributed by atoms with Crippen LogP contribution in [0.5, 0.6) is 0 Å². The Kier molecular flexibility index (Phi) is 5.62. The third kappa shape index (κ3) is 4.97. The van der Waals surface area contributed by atoms with Gasteiger partial charge < -0.3 is 10.6 Å². The number of benzene rings is 1. The molecular formula is C17H14BrN3O2S2. The summed E-state index contributed by atoms with van der Waals surface area (Å²) >= 11 is 6.57. The number of hydrogen-bond acceptors (Lipinski definition) is 5. The van der Waals surface area contributed by atoms with E-state index >= 15 is 0 Å². The highest BCUT2D eigenvalue weighted by Gasteiger charge is 2.11. The Bertz CT molecular complexity index is 920. The maximum atomic E-state index is 12.2. The highest BCUT2D eigenvalue weighted by Crippen LogP contribution is 2.32. The predicted molar refractivity (Wildman–Crippen MR) is 106 cm³/mol. The fourth-order valence-electron chi connectivity index (χ4n) is 2.17. The van der Waals surface area contributed by atoms with Gasteiger partial charge in [0.2, 0.25) is 11.8 Å². The summed E-state index contributed by atoms with van der Waals surface area (Å²) in [5.74, 6) is -0.303. The van der Waals surface area contributed by atoms with E-state index in [1.807, 2.05) is 16.8 Å². The Morgan fingerprint density at radius 3 is 2.56 bits per heavy atom. The van der Waals surface area contributed by atoms with Gasteiger partial charge in [-0.2, -0.15) is 0 Å². The predicted octanol–water partition coefficient (Wildman–Crippen LogP) is 4.77. The molecule has 0 aliphatic carbocycles. The second-order valence-corrected chi connectivity index (χ2v) is 7.95. The molecule has 0 spiro atoms. The second kappa shape index (κ2) is 7.90. The second-order valence-electron chi connectivity index (χ2n) is 5.26. The van der Waals surface area contributed by atoms with E-state index in [0.29, 0.717) is 11.4 Å². The average molecular weight is 436 g/mol. The molecule has 0 unspecified atom stereocenters. The number of thiazole rings is 1. The van der Waals surface area contributed by atoms with Crippen molar-refractivity contribution in [2.24, 2.45) is 0 Å². The highest BCUT2D eigenvalue weighted by molar-refractivity contribution is 9.10. The lowest BCUT2D eigenvalue weighted by Gasteiger charge is -2.07. The minimum atomic E-state index is -0.154. The van der Waals surface area contributed by atoms with Gasteiger partial charge in [0, 0.05) is 33.5 Å². The zero-order valence-electron chi connectivity index (χ0n) is 13.2. The number of hydrogen-bond donors (Lipinski definition) is 2. The van der Waals surface area contributed by atoms with Gasteiger partial charge >= 0.3 is 0 Å². The van der Waals surface area contributed by atoms with Crippen LogP contribution in [-0.4, -0.2) is 16.8 Å². The first kappa shape index (κ1) is 17.8. The zero-order chi connectivity index (χ0) is 17.8. The van der Waals surface area contributed by atoms with Crippen molar-refractivity contribution >= 4 is 61.8 Å². The van der Waals surface area contributed by atoms with Gasteiger partial charge in [0.05, 0.1) is 17.0 Å². The first-order chi connectivity index (χ1) is 12.0. The molecule has 0 atom stereocenters. The number of carbonyl (C=O) groups is 2. The van der Waals surface area contributed by atoms with Gasteiger partial charge in [-0.25, -0.2) is 4.98 Å². The molecule has 2 N–H and O–H groups in total. The van der Waals surface area contributed by atoms with E-state index in [1.54, 1.807) is 35.6 Å². The molecule has 3 aromatic rings. The number of anilines is 2. The molecule has 1 aromatic carbocycles. The number of aromatic nitrogens is 1. The number of nitrogens with one attached hydrogen (secondary N) is 2. The Morgan fingerprint density at radius 2 is 1.88 bits per heavy atom. The molecule has 0 aliphatic heterocycles. The monoisotopic (exact) mass is 435 g/mol. The van der Waals surface area contributed by atoms with Gasteiger partial charge in [0.15, 0.2) is 0 Å². The molecule has 2 heterocycles. The van der Waals surface area contributed by atoms with Gasteiger partial charge in [-0.15, -0.1) is 22.7 Å². The van der Waals surface area contributed by atoms with Gasteiger partial charge in [-0.1, -0.05) is 6.07 Å². The van der Waals surface area contributed by atoms with Crippen LogP contribution in [0.25, 0.3) is 9.88 Å². The van der Waals surface area contributed by atoms with Crippen LogP contribution in [0.3, 0.4) is 0 Å². The molecule has 0 saturated heterocycles. The minimum absolute atomic E-state index is 0.149. The van der Waals surface area contributed by atoms with Crippen LogP contribution in [0.4, 0.5) is 11.4 Å². The van der Waals surface area contributed by atoms with Crippen molar-refractivity contribution in [3.8, 4) is 9.88 Å². The SMILES string of the molecule is CC(=O)Nc1cccc(NC(=O)Cc2csc(-c3cc(Br)cs3)n2)c1. The third-order valence-electron chi connectivity index (χ3n) is 3.14. The summed E-state index contributed by atoms with van der Waals surface area (Å²) < 4.78 is 1.03. The summed E-state index contributed by atoms with van der Waals surface area (Å²) in [5.41, 5.74) is 2.01. The Morgan fingerprint density at radius 1 is 1.12 bits per heavy atom. The molecule has 0 bridgehead atoms. The van der Waals surface area contributed by atoms with E-state index in [2.05, 4.69) is 31.5 Å². The van der Waals surface area contributed by atoms with Crippen LogP contribution in [-0.2, 0) is 16.0 Å². The van der Waals surface area contributed by atoms with Crippen LogP contribution in [0.1, 0.15) is 12.6 Å². The zero-order valence-corrected chi connectivity index (χ0v) is 16.4. The van der Waals surface area contributed by atoms with Crippen molar-refractivity contribution in [3.05, 3.63) is 51.3 Å². The smallest absolute Gasteiger partial charge is 0.230 e. The maximum absolute atomic E-state index is 12.2. The van der Waals surface area contributed by atoms with Crippen molar-refractivity contribution in [2.45, 2.75) is 13.3 Å². The van der Waals surface area contributed by atoms with Crippen LogP contribution in [0.15, 0.2) is 45.6 Å². The molecule has 25 heavy (non-hydrogen) atoms. The number of carbonyl (C=O) groups excluding carboxylic acids is 2. The molecular weight excluding hydrogens is 422 g/mol. The molecule has 2 amide bonds. The van der Waals surface area contributed by atoms with Crippen molar-refractivity contribution in [1.29, 1.82) is 0 Å². The van der Waals surface area contributed by atoms with Crippen LogP contribution >= 0.6 is 38.6 Å². The summed E-state index contributed by atoms with van der Waals surface area (Å²) in [6, 6.07) is 9.05. The summed E-state index contributed by atoms with van der Waals surface area (Å²) in [6.07, 6.45) is 0.202. The summed E-state index contributed by atoms with van der Waals surface area (Å²) in [4.78, 5) is 28.9. The van der Waals surface area contributed by atoms with Gasteiger partial charge in [0.1, 0.15) is 5.01 Å². The van der Waals surface area contributed by atoms with E-state index in [0.717, 1.165) is 20.1 Å². The Hall–Kier alpha value is -2.03. The largest absolute Gasteiger partial charge is 0.326 e. The fourth-order valence-corrected chi connectivity index (χ4v) is 4.50. The fraction of sp³-hybridized carbons (Fsp3) is 0.118. The molecule has 5 nitrogen and oxygen atoms in total. The number of nitrogens with zero attached hydrogens (tertiary/aromatic N) is 1. The quantitative estimate of drug-likeness (QED) is 0.605. The molecule has 0 radical (unpaired) electrons. The molecule has 128 valence electrons. The maximum Gasteiger partial charge on any atom is 0.230 e. The minimum Gasteiger partial charge on any atom is -0.326 e. The lowest BCUT2D eigenvalue weighted by atomic mass is 10.2. The van der Waals surface area contributed by atoms with Crippen LogP contribution in [0.2, 0.25) is 0 Å². The summed E-state index contributed by atoms with van der Waals surface area (Å²) in [7, 11) is 0. The van der Waals surface area contributed by atoms with E-state index in [9.17, 15) is 9.59 Å². The van der Waals surface area contributed by atoms with Crippen LogP contribution < -0.4 is 10.6 Å². The van der Waals surface area contributed by atoms with Gasteiger partial charge in [-0.05, 0) is 40.2 Å². The third-order valence-corrected chi connectivity index (χ3v) is 5.89. The van der Waals surface area contributed by atoms with Crippen LogP contribution in [0, 0.1) is 0 Å². The van der Waals surface area contributed by atoms with Crippen molar-refractivity contribution in [3.63, 3.8) is 0 Å². The molecule has 0 aliphatic rings.